The number of nitrogens with one attached hydrogen (secondary N) is 1. The quantitative estimate of drug-likeness (QED) is 0.0243. The maximum Gasteiger partial charge on any atom is 0.472 e. The highest BCUT2D eigenvalue weighted by Crippen LogP contribution is 2.43. The van der Waals surface area contributed by atoms with E-state index in [1.165, 1.54) is 302 Å². The smallest absolute Gasteiger partial charge is 0.387 e. The number of likely N-dealkylation sites (N-methyl/N-ethyl adjacent to an activating group) is 1. The molecule has 0 saturated carbocycles. The minimum Gasteiger partial charge on any atom is -0.387 e. The molecule has 1 amide bonds. The lowest BCUT2D eigenvalue weighted by Crippen LogP contribution is -2.45. The number of amides is 1. The monoisotopic (exact) mass is 1190 g/mol. The number of quaternary nitrogens is 1. The maximum atomic E-state index is 13.0. The van der Waals surface area contributed by atoms with Gasteiger partial charge in [-0.3, -0.25) is 13.8 Å². The van der Waals surface area contributed by atoms with Gasteiger partial charge in [-0.15, -0.1) is 0 Å². The van der Waals surface area contributed by atoms with E-state index in [1.54, 1.807) is 6.08 Å². The summed E-state index contributed by atoms with van der Waals surface area (Å²) >= 11 is 0. The van der Waals surface area contributed by atoms with Gasteiger partial charge >= 0.3 is 7.82 Å². The van der Waals surface area contributed by atoms with E-state index in [2.05, 4.69) is 55.6 Å². The fourth-order valence-electron chi connectivity index (χ4n) is 11.1. The second kappa shape index (κ2) is 64.9. The van der Waals surface area contributed by atoms with Crippen LogP contribution in [0.25, 0.3) is 0 Å². The molecule has 0 aromatic carbocycles. The Labute approximate surface area is 518 Å². The van der Waals surface area contributed by atoms with Crippen LogP contribution in [0.4, 0.5) is 0 Å². The third kappa shape index (κ3) is 67.8. The number of phosphoric acid groups is 1. The maximum absolute atomic E-state index is 13.0. The van der Waals surface area contributed by atoms with Crippen LogP contribution in [0.1, 0.15) is 367 Å². The van der Waals surface area contributed by atoms with Gasteiger partial charge in [0.25, 0.3) is 0 Å². The van der Waals surface area contributed by atoms with Crippen LogP contribution >= 0.6 is 7.82 Å². The van der Waals surface area contributed by atoms with Crippen molar-refractivity contribution in [2.45, 2.75) is 379 Å². The van der Waals surface area contributed by atoms with E-state index in [0.717, 1.165) is 44.9 Å². The summed E-state index contributed by atoms with van der Waals surface area (Å²) in [5.74, 6) is -0.184. The summed E-state index contributed by atoms with van der Waals surface area (Å²) in [6.45, 7) is 4.83. The molecule has 8 nitrogen and oxygen atoms in total. The fourth-order valence-corrected chi connectivity index (χ4v) is 11.8. The number of carbonyl (C=O) groups is 1. The predicted molar refractivity (Wildman–Crippen MR) is 364 cm³/mol. The molecule has 3 N–H and O–H groups in total. The van der Waals surface area contributed by atoms with Crippen LogP contribution in [-0.4, -0.2) is 73.4 Å². The molecule has 83 heavy (non-hydrogen) atoms. The van der Waals surface area contributed by atoms with Gasteiger partial charge in [-0.05, 0) is 70.6 Å². The van der Waals surface area contributed by atoms with E-state index < -0.39 is 20.0 Å². The van der Waals surface area contributed by atoms with E-state index in [9.17, 15) is 19.4 Å². The number of carbonyl (C=O) groups excluding carboxylic acids is 1. The molecule has 3 unspecified atom stereocenters. The van der Waals surface area contributed by atoms with Crippen molar-refractivity contribution in [2.75, 3.05) is 40.9 Å². The van der Waals surface area contributed by atoms with Crippen LogP contribution in [0.5, 0.6) is 0 Å². The molecule has 0 aliphatic rings. The Hall–Kier alpha value is -1.54. The Kier molecular flexibility index (Phi) is 63.7. The lowest BCUT2D eigenvalue weighted by molar-refractivity contribution is -0.870. The van der Waals surface area contributed by atoms with Crippen molar-refractivity contribution in [2.24, 2.45) is 0 Å². The Morgan fingerprint density at radius 2 is 0.663 bits per heavy atom. The zero-order valence-corrected chi connectivity index (χ0v) is 57.1. The molecule has 0 spiro atoms. The average molecular weight is 1190 g/mol. The summed E-state index contributed by atoms with van der Waals surface area (Å²) < 4.78 is 23.8. The number of aliphatic hydroxyl groups is 1. The van der Waals surface area contributed by atoms with Crippen molar-refractivity contribution in [1.82, 2.24) is 5.32 Å². The number of aliphatic hydroxyl groups excluding tert-OH is 1. The van der Waals surface area contributed by atoms with E-state index in [0.29, 0.717) is 17.4 Å². The molecule has 0 saturated heterocycles. The largest absolute Gasteiger partial charge is 0.472 e. The van der Waals surface area contributed by atoms with Crippen molar-refractivity contribution in [3.05, 3.63) is 48.6 Å². The fraction of sp³-hybridized carbons (Fsp3) is 0.878. The molecule has 0 aromatic heterocycles. The van der Waals surface area contributed by atoms with Crippen LogP contribution < -0.4 is 5.32 Å². The summed E-state index contributed by atoms with van der Waals surface area (Å²) in [7, 11) is 1.56. The summed E-state index contributed by atoms with van der Waals surface area (Å²) in [5, 5.41) is 14.0. The first-order chi connectivity index (χ1) is 40.5. The third-order valence-corrected chi connectivity index (χ3v) is 17.7. The number of unbranched alkanes of at least 4 members (excludes halogenated alkanes) is 49. The van der Waals surface area contributed by atoms with E-state index in [4.69, 9.17) is 9.05 Å². The van der Waals surface area contributed by atoms with Crippen LogP contribution in [0.15, 0.2) is 48.6 Å². The van der Waals surface area contributed by atoms with Gasteiger partial charge < -0.3 is 19.8 Å². The number of phosphoric ester groups is 1. The van der Waals surface area contributed by atoms with Gasteiger partial charge in [-0.2, -0.15) is 0 Å². The molecule has 0 bridgehead atoms. The molecule has 9 heteroatoms. The summed E-state index contributed by atoms with van der Waals surface area (Å²) in [6, 6.07) is -0.870. The molecule has 3 atom stereocenters. The molecule has 0 aliphatic heterocycles. The highest BCUT2D eigenvalue weighted by atomic mass is 31.2. The van der Waals surface area contributed by atoms with E-state index in [1.807, 2.05) is 27.2 Å². The zero-order chi connectivity index (χ0) is 60.5. The van der Waals surface area contributed by atoms with E-state index >= 15 is 0 Å². The molecule has 0 fully saturated rings. The van der Waals surface area contributed by atoms with Crippen LogP contribution in [-0.2, 0) is 18.4 Å². The second-order valence-electron chi connectivity index (χ2n) is 26.3. The zero-order valence-electron chi connectivity index (χ0n) is 56.2. The Bertz CT molecular complexity index is 1490. The predicted octanol–water partition coefficient (Wildman–Crippen LogP) is 23.4. The van der Waals surface area contributed by atoms with E-state index in [-0.39, 0.29) is 19.1 Å². The Morgan fingerprint density at radius 1 is 0.398 bits per heavy atom. The van der Waals surface area contributed by atoms with Crippen molar-refractivity contribution in [3.63, 3.8) is 0 Å². The first kappa shape index (κ1) is 81.5. The second-order valence-corrected chi connectivity index (χ2v) is 27.8. The number of hydrogen-bond acceptors (Lipinski definition) is 5. The highest BCUT2D eigenvalue weighted by Gasteiger charge is 2.28. The third-order valence-electron chi connectivity index (χ3n) is 16.7. The van der Waals surface area contributed by atoms with Gasteiger partial charge in [0.05, 0.1) is 39.9 Å². The summed E-state index contributed by atoms with van der Waals surface area (Å²) in [6.07, 6.45) is 88.7. The molecule has 0 radical (unpaired) electrons. The number of rotatable bonds is 68. The number of allylic oxidation sites excluding steroid dienone is 7. The average Bonchev–Trinajstić information content (AvgIpc) is 3.49. The standard InChI is InChI=1S/C74H143N2O6P/c1-6-8-10-12-14-16-18-20-22-24-26-28-29-30-31-32-33-34-35-36-37-38-39-40-41-42-43-44-45-46-47-48-50-52-54-56-58-60-62-64-66-68-74(78)75-72(71-82-83(79,80)81-70-69-76(3,4)5)73(77)67-65-63-61-59-57-55-53-51-49-27-25-23-21-19-17-15-13-11-9-7-2/h24,26,49,51,57,59,65,67,72-73,77H,6-23,25,27-48,50,52-56,58,60-64,66,68-71H2,1-5H3,(H-,75,78,79,80)/p+1/b26-24-,51-49+,59-57+,67-65+. The lowest BCUT2D eigenvalue weighted by Gasteiger charge is -2.25. The van der Waals surface area contributed by atoms with Crippen molar-refractivity contribution in [3.8, 4) is 0 Å². The van der Waals surface area contributed by atoms with Gasteiger partial charge in [0, 0.05) is 6.42 Å². The summed E-state index contributed by atoms with van der Waals surface area (Å²) in [5.41, 5.74) is 0. The molecule has 0 aromatic rings. The molecule has 0 aliphatic carbocycles. The van der Waals surface area contributed by atoms with Gasteiger partial charge in [0.15, 0.2) is 0 Å². The first-order valence-corrected chi connectivity index (χ1v) is 38.0. The minimum absolute atomic E-state index is 0.0547. The normalized spacial score (nSPS) is 13.9. The van der Waals surface area contributed by atoms with Gasteiger partial charge in [-0.1, -0.05) is 339 Å². The molecule has 490 valence electrons. The molecule has 0 rings (SSSR count). The molecular weight excluding hydrogens is 1040 g/mol. The molecule has 0 heterocycles. The van der Waals surface area contributed by atoms with Gasteiger partial charge in [0.2, 0.25) is 5.91 Å². The summed E-state index contributed by atoms with van der Waals surface area (Å²) in [4.78, 5) is 23.4. The van der Waals surface area contributed by atoms with Gasteiger partial charge in [0.1, 0.15) is 13.2 Å². The van der Waals surface area contributed by atoms with Crippen molar-refractivity contribution >= 4 is 13.7 Å². The number of hydrogen-bond donors (Lipinski definition) is 3. The van der Waals surface area contributed by atoms with Crippen LogP contribution in [0.2, 0.25) is 0 Å². The van der Waals surface area contributed by atoms with Crippen LogP contribution in [0.3, 0.4) is 0 Å². The van der Waals surface area contributed by atoms with Crippen molar-refractivity contribution < 1.29 is 32.9 Å². The SMILES string of the molecule is CCCCCCCCCC/C=C\CCCCCCCCCCCCCCCCCCCCCCCCCCCCCCCC(=O)NC(COP(=O)(O)OCC[N+](C)(C)C)C(O)/C=C/CC/C=C/CC/C=C/CCCCCCCCCCCC. The minimum atomic E-state index is -4.36. The van der Waals surface area contributed by atoms with Crippen LogP contribution in [0, 0.1) is 0 Å². The first-order valence-electron chi connectivity index (χ1n) is 36.5. The lowest BCUT2D eigenvalue weighted by atomic mass is 10.0. The Balaban J connectivity index is 3.92. The topological polar surface area (TPSA) is 105 Å². The van der Waals surface area contributed by atoms with Gasteiger partial charge in [-0.25, -0.2) is 4.57 Å². The molecular formula is C74H144N2O6P+. The highest BCUT2D eigenvalue weighted by molar-refractivity contribution is 7.47. The number of nitrogens with zero attached hydrogens (tertiary/aromatic N) is 1. The van der Waals surface area contributed by atoms with Crippen molar-refractivity contribution in [1.29, 1.82) is 0 Å². The Morgan fingerprint density at radius 3 is 0.964 bits per heavy atom.